The highest BCUT2D eigenvalue weighted by Crippen LogP contribution is 2.19. The molecule has 0 bridgehead atoms. The molecule has 1 radical (unpaired) electrons. The molecular formula is C12H20N3O3. The number of carbonyl (C=O) groups is 2. The first-order valence-electron chi connectivity index (χ1n) is 6.55. The molecule has 0 amide bonds. The monoisotopic (exact) mass is 254 g/mol. The van der Waals surface area contributed by atoms with Crippen molar-refractivity contribution in [1.29, 1.82) is 0 Å². The van der Waals surface area contributed by atoms with Gasteiger partial charge in [0.1, 0.15) is 12.2 Å². The lowest BCUT2D eigenvalue weighted by Crippen LogP contribution is -2.56. The summed E-state index contributed by atoms with van der Waals surface area (Å²) in [6.07, 6.45) is 3.81. The third kappa shape index (κ3) is 3.07. The Balaban J connectivity index is 1.94. The van der Waals surface area contributed by atoms with E-state index in [0.717, 1.165) is 38.6 Å². The van der Waals surface area contributed by atoms with E-state index in [1.807, 2.05) is 0 Å². The van der Waals surface area contributed by atoms with E-state index in [1.165, 1.54) is 0 Å². The molecule has 0 aliphatic carbocycles. The zero-order chi connectivity index (χ0) is 13.0. The Morgan fingerprint density at radius 1 is 1.44 bits per heavy atom. The van der Waals surface area contributed by atoms with Gasteiger partial charge >= 0.3 is 5.97 Å². The van der Waals surface area contributed by atoms with Crippen molar-refractivity contribution in [2.24, 2.45) is 0 Å². The minimum atomic E-state index is -0.838. The van der Waals surface area contributed by atoms with Crippen LogP contribution in [0.5, 0.6) is 0 Å². The summed E-state index contributed by atoms with van der Waals surface area (Å²) < 4.78 is 0. The van der Waals surface area contributed by atoms with Crippen molar-refractivity contribution >= 4 is 12.3 Å². The highest BCUT2D eigenvalue weighted by molar-refractivity contribution is 5.74. The quantitative estimate of drug-likeness (QED) is 0.641. The van der Waals surface area contributed by atoms with E-state index in [4.69, 9.17) is 5.11 Å². The Bertz CT molecular complexity index is 305. The smallest absolute Gasteiger partial charge is 0.320 e. The molecule has 2 rings (SSSR count). The molecule has 2 N–H and O–H groups in total. The van der Waals surface area contributed by atoms with Crippen molar-refractivity contribution in [3.05, 3.63) is 0 Å². The van der Waals surface area contributed by atoms with Crippen LogP contribution in [0, 0.1) is 0 Å². The number of nitrogens with zero attached hydrogens (tertiary/aromatic N) is 2. The first kappa shape index (κ1) is 13.5. The first-order valence-corrected chi connectivity index (χ1v) is 6.55. The maximum atomic E-state index is 11.2. The molecule has 18 heavy (non-hydrogen) atoms. The van der Waals surface area contributed by atoms with Gasteiger partial charge in [-0.2, -0.15) is 0 Å². The predicted octanol–water partition coefficient (Wildman–Crippen LogP) is -0.583. The topological polar surface area (TPSA) is 83.7 Å². The van der Waals surface area contributed by atoms with Gasteiger partial charge in [0.2, 0.25) is 0 Å². The van der Waals surface area contributed by atoms with Gasteiger partial charge in [0.15, 0.2) is 6.29 Å². The van der Waals surface area contributed by atoms with E-state index < -0.39 is 18.2 Å². The zero-order valence-electron chi connectivity index (χ0n) is 10.4. The number of hydrogen-bond donors (Lipinski definition) is 2. The molecule has 0 aromatic carbocycles. The molecule has 3 atom stereocenters. The van der Waals surface area contributed by atoms with Gasteiger partial charge in [-0.25, -0.2) is 5.32 Å². The van der Waals surface area contributed by atoms with Crippen LogP contribution < -0.4 is 10.6 Å². The summed E-state index contributed by atoms with van der Waals surface area (Å²) in [5.41, 5.74) is 0. The van der Waals surface area contributed by atoms with Gasteiger partial charge in [0.25, 0.3) is 0 Å². The maximum Gasteiger partial charge on any atom is 0.320 e. The SMILES string of the molecule is O=CC(NC1CCC[N]C1)N1CCCC1C(=O)O. The van der Waals surface area contributed by atoms with Gasteiger partial charge < -0.3 is 9.90 Å². The zero-order valence-corrected chi connectivity index (χ0v) is 10.4. The molecule has 2 heterocycles. The van der Waals surface area contributed by atoms with Gasteiger partial charge in [0, 0.05) is 25.7 Å². The number of carboxylic acid groups (broad SMARTS) is 1. The summed E-state index contributed by atoms with van der Waals surface area (Å²) in [5.74, 6) is -0.838. The molecule has 2 saturated heterocycles. The molecule has 6 heteroatoms. The Morgan fingerprint density at radius 3 is 2.89 bits per heavy atom. The fourth-order valence-electron chi connectivity index (χ4n) is 2.77. The normalized spacial score (nSPS) is 31.1. The standard InChI is InChI=1S/C12H20N3O3/c16-8-11(14-9-3-1-5-13-7-9)15-6-2-4-10(15)12(17)18/h8-11,14H,1-7H2,(H,17,18). The fourth-order valence-corrected chi connectivity index (χ4v) is 2.77. The van der Waals surface area contributed by atoms with E-state index in [2.05, 4.69) is 10.6 Å². The number of carboxylic acids is 1. The lowest BCUT2D eigenvalue weighted by molar-refractivity contribution is -0.143. The molecule has 3 unspecified atom stereocenters. The van der Waals surface area contributed by atoms with Gasteiger partial charge in [-0.1, -0.05) is 0 Å². The van der Waals surface area contributed by atoms with E-state index >= 15 is 0 Å². The highest BCUT2D eigenvalue weighted by Gasteiger charge is 2.36. The van der Waals surface area contributed by atoms with Crippen LogP contribution in [0.2, 0.25) is 0 Å². The molecular weight excluding hydrogens is 234 g/mol. The molecule has 0 spiro atoms. The van der Waals surface area contributed by atoms with Crippen molar-refractivity contribution < 1.29 is 14.7 Å². The van der Waals surface area contributed by atoms with E-state index in [-0.39, 0.29) is 6.04 Å². The molecule has 2 fully saturated rings. The van der Waals surface area contributed by atoms with Gasteiger partial charge in [-0.15, -0.1) is 0 Å². The molecule has 2 aliphatic heterocycles. The average molecular weight is 254 g/mol. The van der Waals surface area contributed by atoms with Gasteiger partial charge in [-0.3, -0.25) is 15.0 Å². The number of hydrogen-bond acceptors (Lipinski definition) is 4. The summed E-state index contributed by atoms with van der Waals surface area (Å²) in [5, 5.41) is 16.7. The van der Waals surface area contributed by atoms with E-state index in [9.17, 15) is 9.59 Å². The van der Waals surface area contributed by atoms with Crippen LogP contribution in [0.25, 0.3) is 0 Å². The molecule has 0 saturated carbocycles. The largest absolute Gasteiger partial charge is 0.480 e. The Hall–Kier alpha value is -0.980. The number of carbonyl (C=O) groups excluding carboxylic acids is 1. The number of piperidine rings is 1. The van der Waals surface area contributed by atoms with Crippen LogP contribution in [0.4, 0.5) is 0 Å². The van der Waals surface area contributed by atoms with Crippen molar-refractivity contribution in [1.82, 2.24) is 15.5 Å². The Kier molecular flexibility index (Phi) is 4.68. The van der Waals surface area contributed by atoms with Crippen molar-refractivity contribution in [2.75, 3.05) is 19.6 Å². The van der Waals surface area contributed by atoms with Crippen molar-refractivity contribution in [2.45, 2.75) is 43.9 Å². The van der Waals surface area contributed by atoms with E-state index in [0.29, 0.717) is 13.0 Å². The number of nitrogens with one attached hydrogen (secondary N) is 1. The lowest BCUT2D eigenvalue weighted by Gasteiger charge is -2.32. The average Bonchev–Trinajstić information content (AvgIpc) is 2.86. The van der Waals surface area contributed by atoms with Crippen LogP contribution in [0.3, 0.4) is 0 Å². The van der Waals surface area contributed by atoms with Crippen LogP contribution in [0.1, 0.15) is 25.7 Å². The minimum Gasteiger partial charge on any atom is -0.480 e. The van der Waals surface area contributed by atoms with Gasteiger partial charge in [0.05, 0.1) is 0 Å². The number of aliphatic carboxylic acids is 1. The molecule has 6 nitrogen and oxygen atoms in total. The Labute approximate surface area is 107 Å². The fraction of sp³-hybridized carbons (Fsp3) is 0.833. The third-order valence-electron chi connectivity index (χ3n) is 3.69. The van der Waals surface area contributed by atoms with Crippen LogP contribution >= 0.6 is 0 Å². The highest BCUT2D eigenvalue weighted by atomic mass is 16.4. The summed E-state index contributed by atoms with van der Waals surface area (Å²) in [7, 11) is 0. The number of rotatable bonds is 5. The lowest BCUT2D eigenvalue weighted by atomic mass is 10.1. The minimum absolute atomic E-state index is 0.198. The molecule has 0 aromatic rings. The van der Waals surface area contributed by atoms with Crippen LogP contribution in [-0.4, -0.2) is 60.1 Å². The molecule has 2 aliphatic rings. The van der Waals surface area contributed by atoms with E-state index in [1.54, 1.807) is 4.90 Å². The summed E-state index contributed by atoms with van der Waals surface area (Å²) in [4.78, 5) is 24.1. The first-order chi connectivity index (χ1) is 8.72. The predicted molar refractivity (Wildman–Crippen MR) is 65.2 cm³/mol. The third-order valence-corrected chi connectivity index (χ3v) is 3.69. The molecule has 101 valence electrons. The maximum absolute atomic E-state index is 11.2. The second-order valence-electron chi connectivity index (χ2n) is 4.95. The Morgan fingerprint density at radius 2 is 2.28 bits per heavy atom. The van der Waals surface area contributed by atoms with Crippen molar-refractivity contribution in [3.63, 3.8) is 0 Å². The summed E-state index contributed by atoms with van der Waals surface area (Å²) in [6, 6.07) is -0.336. The summed E-state index contributed by atoms with van der Waals surface area (Å²) in [6.45, 7) is 2.28. The molecule has 0 aromatic heterocycles. The van der Waals surface area contributed by atoms with Gasteiger partial charge in [-0.05, 0) is 25.7 Å². The van der Waals surface area contributed by atoms with Crippen LogP contribution in [-0.2, 0) is 9.59 Å². The summed E-state index contributed by atoms with van der Waals surface area (Å²) >= 11 is 0. The van der Waals surface area contributed by atoms with Crippen LogP contribution in [0.15, 0.2) is 0 Å². The second kappa shape index (κ2) is 6.26. The second-order valence-corrected chi connectivity index (χ2v) is 4.95. The number of likely N-dealkylation sites (tertiary alicyclic amines) is 1. The number of aldehydes is 1. The van der Waals surface area contributed by atoms with Crippen molar-refractivity contribution in [3.8, 4) is 0 Å².